The number of aryl methyl sites for hydroxylation is 1. The third-order valence-corrected chi connectivity index (χ3v) is 4.98. The van der Waals surface area contributed by atoms with E-state index in [0.29, 0.717) is 11.3 Å². The Hall–Kier alpha value is -2.39. The Labute approximate surface area is 132 Å². The summed E-state index contributed by atoms with van der Waals surface area (Å²) in [5.41, 5.74) is -1.03. The first-order valence-corrected chi connectivity index (χ1v) is 8.22. The third kappa shape index (κ3) is 3.69. The van der Waals surface area contributed by atoms with Gasteiger partial charge < -0.3 is 9.72 Å². The number of nitrogens with one attached hydrogen (secondary N) is 3. The highest BCUT2D eigenvalue weighted by Crippen LogP contribution is 2.19. The quantitative estimate of drug-likeness (QED) is 0.729. The minimum Gasteiger partial charge on any atom is -0.497 e. The van der Waals surface area contributed by atoms with Crippen molar-refractivity contribution in [3.05, 3.63) is 56.4 Å². The molecule has 0 unspecified atom stereocenters. The van der Waals surface area contributed by atoms with Crippen LogP contribution in [0.1, 0.15) is 24.2 Å². The summed E-state index contributed by atoms with van der Waals surface area (Å²) in [5.74, 6) is 0.650. The van der Waals surface area contributed by atoms with Crippen molar-refractivity contribution < 1.29 is 13.2 Å². The van der Waals surface area contributed by atoms with Gasteiger partial charge in [-0.1, -0.05) is 12.1 Å². The Balaban J connectivity index is 2.34. The molecule has 1 atom stereocenters. The van der Waals surface area contributed by atoms with Crippen molar-refractivity contribution in [2.24, 2.45) is 0 Å². The highest BCUT2D eigenvalue weighted by molar-refractivity contribution is 7.89. The number of aromatic amines is 2. The molecule has 3 N–H and O–H groups in total. The molecule has 0 fully saturated rings. The van der Waals surface area contributed by atoms with Crippen molar-refractivity contribution in [3.63, 3.8) is 0 Å². The fourth-order valence-corrected chi connectivity index (χ4v) is 3.63. The van der Waals surface area contributed by atoms with Crippen molar-refractivity contribution in [2.45, 2.75) is 24.8 Å². The lowest BCUT2D eigenvalue weighted by atomic mass is 10.1. The number of benzene rings is 1. The lowest BCUT2D eigenvalue weighted by Crippen LogP contribution is -2.35. The van der Waals surface area contributed by atoms with Gasteiger partial charge in [0.25, 0.3) is 5.56 Å². The second-order valence-corrected chi connectivity index (χ2v) is 6.63. The van der Waals surface area contributed by atoms with E-state index in [1.807, 2.05) is 4.98 Å². The van der Waals surface area contributed by atoms with Crippen LogP contribution in [0.5, 0.6) is 5.75 Å². The van der Waals surface area contributed by atoms with Gasteiger partial charge in [0.15, 0.2) is 4.90 Å². The fraction of sp³-hybridized carbons (Fsp3) is 0.286. The maximum atomic E-state index is 12.4. The number of hydrogen-bond acceptors (Lipinski definition) is 5. The minimum absolute atomic E-state index is 0.0202. The van der Waals surface area contributed by atoms with Crippen LogP contribution in [-0.4, -0.2) is 25.5 Å². The van der Waals surface area contributed by atoms with E-state index in [2.05, 4.69) is 9.71 Å². The summed E-state index contributed by atoms with van der Waals surface area (Å²) >= 11 is 0. The summed E-state index contributed by atoms with van der Waals surface area (Å²) < 4.78 is 32.3. The molecule has 0 radical (unpaired) electrons. The Morgan fingerprint density at radius 3 is 2.26 bits per heavy atom. The molecule has 2 rings (SSSR count). The summed E-state index contributed by atoms with van der Waals surface area (Å²) in [6.07, 6.45) is 0. The average molecular weight is 339 g/mol. The Bertz CT molecular complexity index is 913. The minimum atomic E-state index is -4.10. The van der Waals surface area contributed by atoms with Crippen molar-refractivity contribution in [1.29, 1.82) is 0 Å². The van der Waals surface area contributed by atoms with Gasteiger partial charge in [-0.25, -0.2) is 17.9 Å². The van der Waals surface area contributed by atoms with Crippen LogP contribution < -0.4 is 20.7 Å². The van der Waals surface area contributed by atoms with Gasteiger partial charge in [0, 0.05) is 11.7 Å². The van der Waals surface area contributed by atoms with E-state index in [1.54, 1.807) is 31.2 Å². The summed E-state index contributed by atoms with van der Waals surface area (Å²) in [5, 5.41) is 0. The van der Waals surface area contributed by atoms with Crippen molar-refractivity contribution in [2.75, 3.05) is 7.11 Å². The zero-order valence-corrected chi connectivity index (χ0v) is 13.7. The highest BCUT2D eigenvalue weighted by Gasteiger charge is 2.24. The third-order valence-electron chi connectivity index (χ3n) is 3.29. The molecule has 0 saturated heterocycles. The Morgan fingerprint density at radius 1 is 1.13 bits per heavy atom. The lowest BCUT2D eigenvalue weighted by molar-refractivity contribution is 0.414. The zero-order chi connectivity index (χ0) is 17.2. The van der Waals surface area contributed by atoms with Gasteiger partial charge >= 0.3 is 5.69 Å². The molecule has 0 amide bonds. The number of H-pyrrole nitrogens is 2. The Morgan fingerprint density at radius 2 is 1.74 bits per heavy atom. The van der Waals surface area contributed by atoms with E-state index in [0.717, 1.165) is 0 Å². The molecule has 1 aromatic heterocycles. The van der Waals surface area contributed by atoms with E-state index in [1.165, 1.54) is 14.0 Å². The Kier molecular flexibility index (Phi) is 4.71. The van der Waals surface area contributed by atoms with Crippen LogP contribution in [0.15, 0.2) is 38.8 Å². The molecule has 0 aliphatic rings. The first-order valence-electron chi connectivity index (χ1n) is 6.74. The number of methoxy groups -OCH3 is 1. The van der Waals surface area contributed by atoms with Crippen LogP contribution in [0.3, 0.4) is 0 Å². The molecule has 1 aromatic carbocycles. The van der Waals surface area contributed by atoms with Crippen LogP contribution >= 0.6 is 0 Å². The molecule has 9 heteroatoms. The molecule has 1 heterocycles. The van der Waals surface area contributed by atoms with Gasteiger partial charge in [-0.15, -0.1) is 0 Å². The van der Waals surface area contributed by atoms with Crippen molar-refractivity contribution in [3.8, 4) is 5.75 Å². The van der Waals surface area contributed by atoms with Crippen LogP contribution in [-0.2, 0) is 10.0 Å². The topological polar surface area (TPSA) is 121 Å². The molecule has 0 aliphatic heterocycles. The van der Waals surface area contributed by atoms with E-state index >= 15 is 0 Å². The number of hydrogen-bond donors (Lipinski definition) is 3. The monoisotopic (exact) mass is 339 g/mol. The molecule has 124 valence electrons. The van der Waals surface area contributed by atoms with Crippen molar-refractivity contribution in [1.82, 2.24) is 14.7 Å². The first-order chi connectivity index (χ1) is 10.7. The molecule has 0 aliphatic carbocycles. The van der Waals surface area contributed by atoms with Gasteiger partial charge in [0.1, 0.15) is 5.75 Å². The predicted molar refractivity (Wildman–Crippen MR) is 84.2 cm³/mol. The maximum Gasteiger partial charge on any atom is 0.325 e. The molecule has 0 spiro atoms. The van der Waals surface area contributed by atoms with Gasteiger partial charge in [-0.05, 0) is 31.5 Å². The van der Waals surface area contributed by atoms with E-state index in [4.69, 9.17) is 4.74 Å². The van der Waals surface area contributed by atoms with Gasteiger partial charge in [-0.2, -0.15) is 0 Å². The van der Waals surface area contributed by atoms with Crippen LogP contribution in [0.4, 0.5) is 0 Å². The average Bonchev–Trinajstić information content (AvgIpc) is 2.45. The molecule has 23 heavy (non-hydrogen) atoms. The molecule has 2 aromatic rings. The van der Waals surface area contributed by atoms with Crippen LogP contribution in [0.25, 0.3) is 0 Å². The molecular weight excluding hydrogens is 322 g/mol. The van der Waals surface area contributed by atoms with E-state index in [9.17, 15) is 18.0 Å². The molecular formula is C14H17N3O5S. The lowest BCUT2D eigenvalue weighted by Gasteiger charge is -2.15. The van der Waals surface area contributed by atoms with Crippen LogP contribution in [0, 0.1) is 6.92 Å². The molecule has 8 nitrogen and oxygen atoms in total. The fourth-order valence-electron chi connectivity index (χ4n) is 2.16. The summed E-state index contributed by atoms with van der Waals surface area (Å²) in [6.45, 7) is 3.00. The predicted octanol–water partition coefficient (Wildman–Crippen LogP) is 0.420. The zero-order valence-electron chi connectivity index (χ0n) is 12.8. The highest BCUT2D eigenvalue weighted by atomic mass is 32.2. The first kappa shape index (κ1) is 17.0. The van der Waals surface area contributed by atoms with E-state index < -0.39 is 32.2 Å². The largest absolute Gasteiger partial charge is 0.497 e. The number of aromatic nitrogens is 2. The summed E-state index contributed by atoms with van der Waals surface area (Å²) in [6, 6.07) is 6.28. The second kappa shape index (κ2) is 6.39. The van der Waals surface area contributed by atoms with Crippen LogP contribution in [0.2, 0.25) is 0 Å². The van der Waals surface area contributed by atoms with E-state index in [-0.39, 0.29) is 5.69 Å². The number of ether oxygens (including phenoxy) is 1. The van der Waals surface area contributed by atoms with Gasteiger partial charge in [0.2, 0.25) is 10.0 Å². The normalized spacial score (nSPS) is 12.8. The maximum absolute atomic E-state index is 12.4. The van der Waals surface area contributed by atoms with Crippen molar-refractivity contribution >= 4 is 10.0 Å². The number of rotatable bonds is 5. The summed E-state index contributed by atoms with van der Waals surface area (Å²) in [7, 11) is -2.56. The number of sulfonamides is 1. The van der Waals surface area contributed by atoms with Gasteiger partial charge in [0.05, 0.1) is 7.11 Å². The smallest absolute Gasteiger partial charge is 0.325 e. The molecule has 0 bridgehead atoms. The SMILES string of the molecule is COc1ccc([C@@H](C)NS(=O)(=O)c2c(C)[nH]c(=O)[nH]c2=O)cc1. The summed E-state index contributed by atoms with van der Waals surface area (Å²) in [4.78, 5) is 26.6. The second-order valence-electron chi connectivity index (χ2n) is 4.98. The van der Waals surface area contributed by atoms with Gasteiger partial charge in [-0.3, -0.25) is 9.78 Å². The molecule has 0 saturated carbocycles. The standard InChI is InChI=1S/C14H17N3O5S/c1-8(10-4-6-11(22-3)7-5-10)17-23(20,21)12-9(2)15-14(19)16-13(12)18/h4-8,17H,1-3H3,(H2,15,16,18,19)/t8-/m1/s1.